The number of benzene rings is 1. The molecule has 17 heavy (non-hydrogen) atoms. The van der Waals surface area contributed by atoms with Crippen molar-refractivity contribution in [3.05, 3.63) is 40.9 Å². The molecule has 0 bridgehead atoms. The number of ether oxygens (including phenoxy) is 1. The van der Waals surface area contributed by atoms with E-state index in [1.807, 2.05) is 31.2 Å². The van der Waals surface area contributed by atoms with Crippen molar-refractivity contribution in [2.45, 2.75) is 19.5 Å². The predicted molar refractivity (Wildman–Crippen MR) is 75.0 cm³/mol. The summed E-state index contributed by atoms with van der Waals surface area (Å²) < 4.78 is 6.51. The quantitative estimate of drug-likeness (QED) is 0.643. The summed E-state index contributed by atoms with van der Waals surface area (Å²) in [6, 6.07) is 6.13. The van der Waals surface area contributed by atoms with Crippen LogP contribution in [0.4, 0.5) is 0 Å². The second-order valence-electron chi connectivity index (χ2n) is 3.65. The molecular formula is C14H16BrNO. The standard InChI is InChI=1S/C14H16BrNO/c1-4-8-17-14-7-6-13(15)9-12(14)10-16-11(3)5-2/h1,5-7,9,11,16H,2,8,10H2,3H3. The third-order valence-electron chi connectivity index (χ3n) is 2.30. The van der Waals surface area contributed by atoms with Gasteiger partial charge in [-0.15, -0.1) is 13.0 Å². The highest BCUT2D eigenvalue weighted by Crippen LogP contribution is 2.23. The molecule has 1 rings (SSSR count). The lowest BCUT2D eigenvalue weighted by molar-refractivity contribution is 0.364. The second-order valence-corrected chi connectivity index (χ2v) is 4.57. The Morgan fingerprint density at radius 3 is 3.06 bits per heavy atom. The molecule has 1 aromatic carbocycles. The van der Waals surface area contributed by atoms with Crippen molar-refractivity contribution in [2.24, 2.45) is 0 Å². The fourth-order valence-corrected chi connectivity index (χ4v) is 1.71. The summed E-state index contributed by atoms with van der Waals surface area (Å²) in [5.74, 6) is 3.28. The summed E-state index contributed by atoms with van der Waals surface area (Å²) in [5, 5.41) is 3.32. The van der Waals surface area contributed by atoms with Crippen LogP contribution in [0.25, 0.3) is 0 Å². The molecule has 0 saturated heterocycles. The van der Waals surface area contributed by atoms with E-state index < -0.39 is 0 Å². The Bertz CT molecular complexity index is 423. The molecule has 0 saturated carbocycles. The Labute approximate surface area is 111 Å². The van der Waals surface area contributed by atoms with Crippen molar-refractivity contribution < 1.29 is 4.74 Å². The zero-order chi connectivity index (χ0) is 12.7. The van der Waals surface area contributed by atoms with Crippen LogP contribution in [0.1, 0.15) is 12.5 Å². The van der Waals surface area contributed by atoms with Crippen LogP contribution in [-0.4, -0.2) is 12.6 Å². The lowest BCUT2D eigenvalue weighted by Crippen LogP contribution is -2.23. The molecule has 1 N–H and O–H groups in total. The van der Waals surface area contributed by atoms with Gasteiger partial charge in [-0.1, -0.05) is 27.9 Å². The predicted octanol–water partition coefficient (Wildman–Crippen LogP) is 3.13. The Balaban J connectivity index is 2.76. The van der Waals surface area contributed by atoms with Gasteiger partial charge in [0.2, 0.25) is 0 Å². The Kier molecular flexibility index (Phi) is 5.82. The van der Waals surface area contributed by atoms with Crippen molar-refractivity contribution in [3.63, 3.8) is 0 Å². The van der Waals surface area contributed by atoms with Gasteiger partial charge in [-0.2, -0.15) is 0 Å². The van der Waals surface area contributed by atoms with Gasteiger partial charge < -0.3 is 10.1 Å². The molecule has 0 aliphatic carbocycles. The van der Waals surface area contributed by atoms with E-state index in [4.69, 9.17) is 11.2 Å². The van der Waals surface area contributed by atoms with Crippen LogP contribution in [0.15, 0.2) is 35.3 Å². The maximum atomic E-state index is 5.48. The number of terminal acetylenes is 1. The normalized spacial score (nSPS) is 11.6. The summed E-state index contributed by atoms with van der Waals surface area (Å²) in [6.45, 7) is 6.78. The van der Waals surface area contributed by atoms with Crippen LogP contribution < -0.4 is 10.1 Å². The van der Waals surface area contributed by atoms with Gasteiger partial charge in [-0.05, 0) is 25.1 Å². The lowest BCUT2D eigenvalue weighted by Gasteiger charge is -2.13. The highest BCUT2D eigenvalue weighted by Gasteiger charge is 2.05. The highest BCUT2D eigenvalue weighted by molar-refractivity contribution is 9.10. The number of rotatable bonds is 6. The molecule has 1 unspecified atom stereocenters. The molecule has 0 spiro atoms. The molecule has 0 heterocycles. The first kappa shape index (κ1) is 13.8. The molecule has 2 nitrogen and oxygen atoms in total. The SMILES string of the molecule is C#CCOc1ccc(Br)cc1CNC(C)C=C. The Morgan fingerprint density at radius 2 is 2.41 bits per heavy atom. The van der Waals surface area contributed by atoms with Crippen molar-refractivity contribution in [1.82, 2.24) is 5.32 Å². The minimum Gasteiger partial charge on any atom is -0.481 e. The zero-order valence-electron chi connectivity index (χ0n) is 9.87. The largest absolute Gasteiger partial charge is 0.481 e. The van der Waals surface area contributed by atoms with E-state index in [0.29, 0.717) is 6.54 Å². The van der Waals surface area contributed by atoms with Crippen molar-refractivity contribution in [3.8, 4) is 18.1 Å². The van der Waals surface area contributed by atoms with E-state index in [-0.39, 0.29) is 12.6 Å². The van der Waals surface area contributed by atoms with Crippen molar-refractivity contribution in [2.75, 3.05) is 6.61 Å². The molecule has 0 amide bonds. The first-order valence-electron chi connectivity index (χ1n) is 5.38. The molecule has 0 aromatic heterocycles. The fourth-order valence-electron chi connectivity index (χ4n) is 1.30. The van der Waals surface area contributed by atoms with Crippen LogP contribution >= 0.6 is 15.9 Å². The van der Waals surface area contributed by atoms with Gasteiger partial charge in [0.05, 0.1) is 0 Å². The monoisotopic (exact) mass is 293 g/mol. The van der Waals surface area contributed by atoms with E-state index in [1.54, 1.807) is 0 Å². The van der Waals surface area contributed by atoms with Crippen LogP contribution in [0, 0.1) is 12.3 Å². The van der Waals surface area contributed by atoms with Crippen LogP contribution in [-0.2, 0) is 6.54 Å². The Hall–Kier alpha value is -1.24. The molecular weight excluding hydrogens is 278 g/mol. The van der Waals surface area contributed by atoms with Gasteiger partial charge in [0.1, 0.15) is 12.4 Å². The fraction of sp³-hybridized carbons (Fsp3) is 0.286. The van der Waals surface area contributed by atoms with Gasteiger partial charge in [0, 0.05) is 22.6 Å². The molecule has 1 atom stereocenters. The smallest absolute Gasteiger partial charge is 0.148 e. The van der Waals surface area contributed by atoms with Crippen LogP contribution in [0.5, 0.6) is 5.75 Å². The van der Waals surface area contributed by atoms with Gasteiger partial charge in [-0.3, -0.25) is 0 Å². The van der Waals surface area contributed by atoms with E-state index in [0.717, 1.165) is 15.8 Å². The molecule has 0 aliphatic rings. The van der Waals surface area contributed by atoms with E-state index >= 15 is 0 Å². The number of halogens is 1. The number of hydrogen-bond donors (Lipinski definition) is 1. The molecule has 90 valence electrons. The van der Waals surface area contributed by atoms with Crippen LogP contribution in [0.2, 0.25) is 0 Å². The first-order chi connectivity index (χ1) is 8.17. The van der Waals surface area contributed by atoms with Gasteiger partial charge >= 0.3 is 0 Å². The van der Waals surface area contributed by atoms with Gasteiger partial charge in [-0.25, -0.2) is 0 Å². The third kappa shape index (κ3) is 4.64. The number of nitrogens with one attached hydrogen (secondary N) is 1. The summed E-state index contributed by atoms with van der Waals surface area (Å²) in [7, 11) is 0. The topological polar surface area (TPSA) is 21.3 Å². The van der Waals surface area contributed by atoms with Gasteiger partial charge in [0.15, 0.2) is 0 Å². The van der Waals surface area contributed by atoms with E-state index in [1.165, 1.54) is 0 Å². The summed E-state index contributed by atoms with van der Waals surface area (Å²) in [5.41, 5.74) is 1.07. The average Bonchev–Trinajstić information content (AvgIpc) is 2.34. The maximum absolute atomic E-state index is 5.48. The molecule has 1 aromatic rings. The lowest BCUT2D eigenvalue weighted by atomic mass is 10.2. The number of hydrogen-bond acceptors (Lipinski definition) is 2. The Morgan fingerprint density at radius 1 is 1.65 bits per heavy atom. The minimum atomic E-state index is 0.259. The highest BCUT2D eigenvalue weighted by atomic mass is 79.9. The molecule has 0 fully saturated rings. The second kappa shape index (κ2) is 7.16. The first-order valence-corrected chi connectivity index (χ1v) is 6.17. The average molecular weight is 294 g/mol. The van der Waals surface area contributed by atoms with Gasteiger partial charge in [0.25, 0.3) is 0 Å². The molecule has 0 aliphatic heterocycles. The summed E-state index contributed by atoms with van der Waals surface area (Å²) in [6.07, 6.45) is 7.05. The third-order valence-corrected chi connectivity index (χ3v) is 2.79. The zero-order valence-corrected chi connectivity index (χ0v) is 11.5. The summed E-state index contributed by atoms with van der Waals surface area (Å²) >= 11 is 3.44. The molecule has 0 radical (unpaired) electrons. The van der Waals surface area contributed by atoms with E-state index in [9.17, 15) is 0 Å². The molecule has 3 heteroatoms. The van der Waals surface area contributed by atoms with Crippen LogP contribution in [0.3, 0.4) is 0 Å². The minimum absolute atomic E-state index is 0.259. The van der Waals surface area contributed by atoms with Crippen molar-refractivity contribution >= 4 is 15.9 Å². The summed E-state index contributed by atoms with van der Waals surface area (Å²) in [4.78, 5) is 0. The van der Waals surface area contributed by atoms with Crippen molar-refractivity contribution in [1.29, 1.82) is 0 Å². The maximum Gasteiger partial charge on any atom is 0.148 e. The van der Waals surface area contributed by atoms with E-state index in [2.05, 4.69) is 33.7 Å².